The molecular formula is C11H23N. The van der Waals surface area contributed by atoms with Crippen LogP contribution < -0.4 is 5.32 Å². The third-order valence-electron chi connectivity index (χ3n) is 2.36. The van der Waals surface area contributed by atoms with E-state index in [1.54, 1.807) is 0 Å². The lowest BCUT2D eigenvalue weighted by molar-refractivity contribution is 0.471. The lowest BCUT2D eigenvalue weighted by Crippen LogP contribution is -2.15. The van der Waals surface area contributed by atoms with E-state index in [4.69, 9.17) is 0 Å². The Morgan fingerprint density at radius 3 is 2.33 bits per heavy atom. The summed E-state index contributed by atoms with van der Waals surface area (Å²) in [5, 5.41) is 3.16. The van der Waals surface area contributed by atoms with Gasteiger partial charge in [0.15, 0.2) is 0 Å². The second kappa shape index (κ2) is 7.20. The molecule has 0 fully saturated rings. The van der Waals surface area contributed by atoms with Gasteiger partial charge in [-0.05, 0) is 18.8 Å². The van der Waals surface area contributed by atoms with E-state index in [1.807, 2.05) is 7.05 Å². The van der Waals surface area contributed by atoms with Crippen LogP contribution in [0.2, 0.25) is 0 Å². The Kier molecular flexibility index (Phi) is 6.93. The molecule has 0 amide bonds. The summed E-state index contributed by atoms with van der Waals surface area (Å²) in [4.78, 5) is 0. The zero-order valence-electron chi connectivity index (χ0n) is 8.82. The summed E-state index contributed by atoms with van der Waals surface area (Å²) in [6.45, 7) is 8.51. The molecule has 0 aromatic rings. The largest absolute Gasteiger partial charge is 0.392 e. The molecule has 0 aromatic carbocycles. The van der Waals surface area contributed by atoms with Gasteiger partial charge in [0.2, 0.25) is 0 Å². The quantitative estimate of drug-likeness (QED) is 0.616. The second-order valence-corrected chi connectivity index (χ2v) is 3.40. The first-order valence-corrected chi connectivity index (χ1v) is 5.12. The maximum Gasteiger partial charge on any atom is 0.00625 e. The maximum atomic E-state index is 4.03. The highest BCUT2D eigenvalue weighted by molar-refractivity contribution is 4.96. The molecule has 0 bridgehead atoms. The Balaban J connectivity index is 3.76. The van der Waals surface area contributed by atoms with E-state index in [0.717, 1.165) is 0 Å². The summed E-state index contributed by atoms with van der Waals surface area (Å²) in [5.74, 6) is 0.694. The fourth-order valence-corrected chi connectivity index (χ4v) is 1.50. The highest BCUT2D eigenvalue weighted by Gasteiger charge is 2.09. The predicted molar refractivity (Wildman–Crippen MR) is 56.1 cm³/mol. The topological polar surface area (TPSA) is 12.0 Å². The Morgan fingerprint density at radius 2 is 1.92 bits per heavy atom. The maximum absolute atomic E-state index is 4.03. The number of allylic oxidation sites excluding steroid dienone is 1. The summed E-state index contributed by atoms with van der Waals surface area (Å²) in [6.07, 6.45) is 6.45. The first-order valence-electron chi connectivity index (χ1n) is 5.12. The highest BCUT2D eigenvalue weighted by atomic mass is 14.8. The first-order chi connectivity index (χ1) is 5.76. The van der Waals surface area contributed by atoms with E-state index in [2.05, 4.69) is 25.7 Å². The molecule has 0 aliphatic rings. The minimum atomic E-state index is 0.694. The lowest BCUT2D eigenvalue weighted by Gasteiger charge is -2.18. The van der Waals surface area contributed by atoms with Crippen LogP contribution in [0, 0.1) is 5.92 Å². The molecule has 12 heavy (non-hydrogen) atoms. The number of hydrogen-bond acceptors (Lipinski definition) is 1. The van der Waals surface area contributed by atoms with Crippen molar-refractivity contribution in [1.82, 2.24) is 5.32 Å². The van der Waals surface area contributed by atoms with E-state index < -0.39 is 0 Å². The highest BCUT2D eigenvalue weighted by Crippen LogP contribution is 2.19. The fourth-order valence-electron chi connectivity index (χ4n) is 1.50. The van der Waals surface area contributed by atoms with Crippen molar-refractivity contribution in [3.05, 3.63) is 12.3 Å². The van der Waals surface area contributed by atoms with Crippen molar-refractivity contribution in [2.24, 2.45) is 5.92 Å². The average Bonchev–Trinajstić information content (AvgIpc) is 2.11. The van der Waals surface area contributed by atoms with Crippen LogP contribution in [-0.2, 0) is 0 Å². The van der Waals surface area contributed by atoms with E-state index in [9.17, 15) is 0 Å². The molecule has 0 spiro atoms. The molecule has 0 aromatic heterocycles. The van der Waals surface area contributed by atoms with Gasteiger partial charge in [-0.2, -0.15) is 0 Å². The van der Waals surface area contributed by atoms with Crippen LogP contribution in [0.15, 0.2) is 12.3 Å². The molecular weight excluding hydrogens is 146 g/mol. The van der Waals surface area contributed by atoms with Gasteiger partial charge in [0, 0.05) is 12.7 Å². The minimum Gasteiger partial charge on any atom is -0.392 e. The van der Waals surface area contributed by atoms with Crippen LogP contribution >= 0.6 is 0 Å². The van der Waals surface area contributed by atoms with E-state index in [0.29, 0.717) is 5.92 Å². The summed E-state index contributed by atoms with van der Waals surface area (Å²) in [7, 11) is 1.97. The zero-order valence-corrected chi connectivity index (χ0v) is 8.82. The number of unbranched alkanes of at least 4 members (excludes halogenated alkanes) is 1. The van der Waals surface area contributed by atoms with Gasteiger partial charge in [-0.15, -0.1) is 0 Å². The second-order valence-electron chi connectivity index (χ2n) is 3.40. The van der Waals surface area contributed by atoms with Crippen molar-refractivity contribution in [3.8, 4) is 0 Å². The van der Waals surface area contributed by atoms with Crippen LogP contribution in [0.3, 0.4) is 0 Å². The first kappa shape index (κ1) is 11.5. The van der Waals surface area contributed by atoms with Gasteiger partial charge in [-0.25, -0.2) is 0 Å². The van der Waals surface area contributed by atoms with Gasteiger partial charge in [0.05, 0.1) is 0 Å². The van der Waals surface area contributed by atoms with Gasteiger partial charge < -0.3 is 5.32 Å². The monoisotopic (exact) mass is 169 g/mol. The molecule has 1 nitrogen and oxygen atoms in total. The third-order valence-corrected chi connectivity index (χ3v) is 2.36. The van der Waals surface area contributed by atoms with Crippen LogP contribution in [0.5, 0.6) is 0 Å². The molecule has 1 unspecified atom stereocenters. The molecule has 1 atom stereocenters. The average molecular weight is 169 g/mol. The Bertz CT molecular complexity index is 118. The van der Waals surface area contributed by atoms with E-state index >= 15 is 0 Å². The molecule has 0 saturated heterocycles. The Labute approximate surface area is 77.2 Å². The number of hydrogen-bond donors (Lipinski definition) is 1. The molecule has 0 aliphatic heterocycles. The molecule has 0 radical (unpaired) electrons. The smallest absolute Gasteiger partial charge is 0.00625 e. The van der Waals surface area contributed by atoms with Gasteiger partial charge in [-0.3, -0.25) is 0 Å². The van der Waals surface area contributed by atoms with Crippen molar-refractivity contribution in [3.63, 3.8) is 0 Å². The Hall–Kier alpha value is -0.460. The molecule has 0 saturated carbocycles. The molecule has 0 heterocycles. The minimum absolute atomic E-state index is 0.694. The zero-order chi connectivity index (χ0) is 9.40. The summed E-state index contributed by atoms with van der Waals surface area (Å²) >= 11 is 0. The summed E-state index contributed by atoms with van der Waals surface area (Å²) < 4.78 is 0. The van der Waals surface area contributed by atoms with Gasteiger partial charge in [0.25, 0.3) is 0 Å². The molecule has 0 aliphatic carbocycles. The normalized spacial score (nSPS) is 12.6. The summed E-state index contributed by atoms with van der Waals surface area (Å²) in [6, 6.07) is 0. The van der Waals surface area contributed by atoms with E-state index in [-0.39, 0.29) is 0 Å². The number of nitrogens with one attached hydrogen (secondary N) is 1. The van der Waals surface area contributed by atoms with Gasteiger partial charge in [0.1, 0.15) is 0 Å². The summed E-state index contributed by atoms with van der Waals surface area (Å²) in [5.41, 5.74) is 1.21. The van der Waals surface area contributed by atoms with Crippen molar-refractivity contribution >= 4 is 0 Å². The van der Waals surface area contributed by atoms with Crippen molar-refractivity contribution in [2.75, 3.05) is 7.05 Å². The van der Waals surface area contributed by atoms with Gasteiger partial charge >= 0.3 is 0 Å². The Morgan fingerprint density at radius 1 is 1.25 bits per heavy atom. The van der Waals surface area contributed by atoms with Crippen molar-refractivity contribution < 1.29 is 0 Å². The molecule has 0 rings (SSSR count). The third kappa shape index (κ3) is 4.42. The molecule has 1 N–H and O–H groups in total. The van der Waals surface area contributed by atoms with Crippen LogP contribution in [-0.4, -0.2) is 7.05 Å². The SMILES string of the molecule is C=C(NC)C(CCC)CCCC. The van der Waals surface area contributed by atoms with Crippen LogP contribution in [0.25, 0.3) is 0 Å². The van der Waals surface area contributed by atoms with E-state index in [1.165, 1.54) is 37.8 Å². The van der Waals surface area contributed by atoms with Crippen LogP contribution in [0.4, 0.5) is 0 Å². The van der Waals surface area contributed by atoms with Crippen molar-refractivity contribution in [1.29, 1.82) is 0 Å². The number of rotatable bonds is 7. The predicted octanol–water partition coefficient (Wildman–Crippen LogP) is 3.33. The standard InChI is InChI=1S/C11H23N/c1-5-7-9-11(8-6-2)10(3)12-4/h11-12H,3,5-9H2,1-2,4H3. The molecule has 72 valence electrons. The lowest BCUT2D eigenvalue weighted by atomic mass is 9.94. The fraction of sp³-hybridized carbons (Fsp3) is 0.818. The van der Waals surface area contributed by atoms with Crippen molar-refractivity contribution in [2.45, 2.75) is 46.0 Å². The van der Waals surface area contributed by atoms with Crippen LogP contribution in [0.1, 0.15) is 46.0 Å². The molecule has 1 heteroatoms. The van der Waals surface area contributed by atoms with Gasteiger partial charge in [-0.1, -0.05) is 39.7 Å².